The van der Waals surface area contributed by atoms with Crippen LogP contribution in [0, 0.1) is 5.92 Å². The molecule has 3 heterocycles. The molecule has 0 aliphatic carbocycles. The molecule has 0 radical (unpaired) electrons. The van der Waals surface area contributed by atoms with Crippen molar-refractivity contribution in [1.29, 1.82) is 0 Å². The number of ether oxygens (including phenoxy) is 2. The van der Waals surface area contributed by atoms with Crippen molar-refractivity contribution < 1.29 is 19.1 Å². The SMILES string of the molecule is COc1ccc(Br)cc1[C@@H]1C(C(=O)OC(C)C)=C(C)N=c2s/c(=C\[C@H]3C(=O)N(c4ccccc4)N=C3C)c(=O)n21. The van der Waals surface area contributed by atoms with Crippen LogP contribution < -0.4 is 24.6 Å². The van der Waals surface area contributed by atoms with Gasteiger partial charge in [0.25, 0.3) is 11.5 Å². The molecule has 40 heavy (non-hydrogen) atoms. The molecule has 0 spiro atoms. The summed E-state index contributed by atoms with van der Waals surface area (Å²) in [6.45, 7) is 7.01. The fraction of sp³-hybridized carbons (Fsp3) is 0.276. The summed E-state index contributed by atoms with van der Waals surface area (Å²) in [6.07, 6.45) is 1.26. The van der Waals surface area contributed by atoms with Gasteiger partial charge in [0.2, 0.25) is 0 Å². The number of thiazole rings is 1. The van der Waals surface area contributed by atoms with Crippen molar-refractivity contribution in [2.24, 2.45) is 16.0 Å². The molecule has 11 heteroatoms. The maximum atomic E-state index is 14.0. The predicted molar refractivity (Wildman–Crippen MR) is 157 cm³/mol. The highest BCUT2D eigenvalue weighted by molar-refractivity contribution is 9.10. The second-order valence-electron chi connectivity index (χ2n) is 9.65. The summed E-state index contributed by atoms with van der Waals surface area (Å²) in [4.78, 5) is 45.8. The van der Waals surface area contributed by atoms with Gasteiger partial charge in [0, 0.05) is 10.0 Å². The van der Waals surface area contributed by atoms with E-state index < -0.39 is 17.9 Å². The van der Waals surface area contributed by atoms with Gasteiger partial charge in [-0.05, 0) is 64.1 Å². The third-order valence-electron chi connectivity index (χ3n) is 6.57. The normalized spacial score (nSPS) is 19.1. The molecular weight excluding hydrogens is 596 g/mol. The smallest absolute Gasteiger partial charge is 0.338 e. The Bertz CT molecular complexity index is 1760. The Morgan fingerprint density at radius 1 is 1.12 bits per heavy atom. The van der Waals surface area contributed by atoms with Crippen LogP contribution in [0.25, 0.3) is 6.08 Å². The number of amides is 1. The first kappa shape index (κ1) is 27.7. The first-order valence-corrected chi connectivity index (χ1v) is 14.2. The molecule has 2 aromatic carbocycles. The summed E-state index contributed by atoms with van der Waals surface area (Å²) in [5.74, 6) is -1.03. The molecule has 3 aromatic rings. The zero-order chi connectivity index (χ0) is 28.7. The minimum Gasteiger partial charge on any atom is -0.496 e. The molecule has 1 amide bonds. The lowest BCUT2D eigenvalue weighted by atomic mass is 9.95. The summed E-state index contributed by atoms with van der Waals surface area (Å²) < 4.78 is 13.8. The van der Waals surface area contributed by atoms with E-state index in [2.05, 4.69) is 26.0 Å². The first-order valence-electron chi connectivity index (χ1n) is 12.6. The molecular formula is C29H27BrN4O5S. The van der Waals surface area contributed by atoms with Crippen LogP contribution in [0.5, 0.6) is 5.75 Å². The molecule has 206 valence electrons. The highest BCUT2D eigenvalue weighted by Crippen LogP contribution is 2.37. The minimum absolute atomic E-state index is 0.244. The van der Waals surface area contributed by atoms with Crippen LogP contribution in [0.2, 0.25) is 0 Å². The fourth-order valence-corrected chi connectivity index (χ4v) is 6.20. The minimum atomic E-state index is -0.855. The van der Waals surface area contributed by atoms with Gasteiger partial charge in [-0.25, -0.2) is 9.79 Å². The monoisotopic (exact) mass is 622 g/mol. The van der Waals surface area contributed by atoms with Crippen molar-refractivity contribution in [2.45, 2.75) is 39.8 Å². The number of halogens is 1. The van der Waals surface area contributed by atoms with Crippen molar-refractivity contribution in [3.63, 3.8) is 0 Å². The second-order valence-corrected chi connectivity index (χ2v) is 11.6. The number of allylic oxidation sites excluding steroid dienone is 1. The van der Waals surface area contributed by atoms with Crippen LogP contribution in [0.15, 0.2) is 79.2 Å². The maximum absolute atomic E-state index is 14.0. The molecule has 0 bridgehead atoms. The van der Waals surface area contributed by atoms with Gasteiger partial charge in [-0.15, -0.1) is 0 Å². The number of hydrazone groups is 1. The number of hydrogen-bond donors (Lipinski definition) is 0. The topological polar surface area (TPSA) is 103 Å². The van der Waals surface area contributed by atoms with E-state index in [1.165, 1.54) is 16.7 Å². The number of hydrogen-bond acceptors (Lipinski definition) is 8. The van der Waals surface area contributed by atoms with Gasteiger partial charge in [0.1, 0.15) is 17.7 Å². The molecule has 0 saturated heterocycles. The Morgan fingerprint density at radius 3 is 2.52 bits per heavy atom. The summed E-state index contributed by atoms with van der Waals surface area (Å²) >= 11 is 4.67. The van der Waals surface area contributed by atoms with Crippen molar-refractivity contribution >= 4 is 56.6 Å². The van der Waals surface area contributed by atoms with E-state index in [0.717, 1.165) is 15.8 Å². The molecule has 2 aliphatic heterocycles. The Labute approximate surface area is 242 Å². The van der Waals surface area contributed by atoms with E-state index in [-0.39, 0.29) is 23.1 Å². The van der Waals surface area contributed by atoms with E-state index in [1.54, 1.807) is 52.0 Å². The summed E-state index contributed by atoms with van der Waals surface area (Å²) in [6, 6.07) is 13.7. The lowest BCUT2D eigenvalue weighted by molar-refractivity contribution is -0.143. The number of benzene rings is 2. The summed E-state index contributed by atoms with van der Waals surface area (Å²) in [5, 5.41) is 5.80. The standard InChI is InChI=1S/C29H27BrN4O5S/c1-15(2)39-28(37)24-17(4)31-29-33(25(24)21-13-18(30)11-12-22(21)38-5)27(36)23(40-29)14-20-16(3)32-34(26(20)35)19-9-7-6-8-10-19/h6-15,20,25H,1-5H3/b23-14-/t20-,25-/m1/s1. The molecule has 2 atom stereocenters. The lowest BCUT2D eigenvalue weighted by Crippen LogP contribution is -2.40. The van der Waals surface area contributed by atoms with E-state index in [9.17, 15) is 14.4 Å². The largest absolute Gasteiger partial charge is 0.496 e. The average Bonchev–Trinajstić information content (AvgIpc) is 3.38. The number of esters is 1. The van der Waals surface area contributed by atoms with Crippen LogP contribution in [0.4, 0.5) is 5.69 Å². The number of rotatable bonds is 6. The van der Waals surface area contributed by atoms with Gasteiger partial charge in [-0.3, -0.25) is 14.2 Å². The summed E-state index contributed by atoms with van der Waals surface area (Å²) in [5.41, 5.74) is 2.12. The number of fused-ring (bicyclic) bond motifs is 1. The van der Waals surface area contributed by atoms with Crippen LogP contribution in [0.3, 0.4) is 0 Å². The van der Waals surface area contributed by atoms with Gasteiger partial charge in [0.05, 0.1) is 40.4 Å². The molecule has 0 saturated carbocycles. The zero-order valence-electron chi connectivity index (χ0n) is 22.5. The average molecular weight is 624 g/mol. The number of carbonyl (C=O) groups excluding carboxylic acids is 2. The van der Waals surface area contributed by atoms with Crippen LogP contribution >= 0.6 is 27.3 Å². The Balaban J connectivity index is 1.67. The molecule has 9 nitrogen and oxygen atoms in total. The number of para-hydroxylation sites is 1. The third kappa shape index (κ3) is 4.95. The highest BCUT2D eigenvalue weighted by Gasteiger charge is 2.37. The molecule has 0 N–H and O–H groups in total. The lowest BCUT2D eigenvalue weighted by Gasteiger charge is -2.26. The first-order chi connectivity index (χ1) is 19.1. The highest BCUT2D eigenvalue weighted by atomic mass is 79.9. The Kier molecular flexibility index (Phi) is 7.61. The second kappa shape index (κ2) is 11.0. The fourth-order valence-electron chi connectivity index (χ4n) is 4.76. The number of aromatic nitrogens is 1. The van der Waals surface area contributed by atoms with Crippen molar-refractivity contribution in [1.82, 2.24) is 4.57 Å². The van der Waals surface area contributed by atoms with Crippen LogP contribution in [-0.2, 0) is 14.3 Å². The third-order valence-corrected chi connectivity index (χ3v) is 8.07. The summed E-state index contributed by atoms with van der Waals surface area (Å²) in [7, 11) is 1.53. The van der Waals surface area contributed by atoms with E-state index >= 15 is 0 Å². The molecule has 0 unspecified atom stereocenters. The Hall–Kier alpha value is -3.83. The van der Waals surface area contributed by atoms with E-state index in [1.807, 2.05) is 30.3 Å². The van der Waals surface area contributed by atoms with Crippen molar-refractivity contribution in [3.8, 4) is 5.75 Å². The van der Waals surface area contributed by atoms with Crippen molar-refractivity contribution in [2.75, 3.05) is 12.1 Å². The van der Waals surface area contributed by atoms with Crippen molar-refractivity contribution in [3.05, 3.63) is 89.5 Å². The van der Waals surface area contributed by atoms with Gasteiger partial charge < -0.3 is 9.47 Å². The van der Waals surface area contributed by atoms with Gasteiger partial charge in [-0.2, -0.15) is 10.1 Å². The molecule has 5 rings (SSSR count). The number of anilines is 1. The molecule has 1 aromatic heterocycles. The van der Waals surface area contributed by atoms with Gasteiger partial charge >= 0.3 is 5.97 Å². The van der Waals surface area contributed by atoms with Gasteiger partial charge in [0.15, 0.2) is 4.80 Å². The quantitative estimate of drug-likeness (QED) is 0.387. The molecule has 0 fully saturated rings. The van der Waals surface area contributed by atoms with Crippen LogP contribution in [0.1, 0.15) is 39.3 Å². The Morgan fingerprint density at radius 2 is 1.85 bits per heavy atom. The van der Waals surface area contributed by atoms with E-state index in [4.69, 9.17) is 9.47 Å². The van der Waals surface area contributed by atoms with Crippen LogP contribution in [-0.4, -0.2) is 35.4 Å². The zero-order valence-corrected chi connectivity index (χ0v) is 24.9. The number of nitrogens with zero attached hydrogens (tertiary/aromatic N) is 4. The van der Waals surface area contributed by atoms with Gasteiger partial charge in [-0.1, -0.05) is 45.5 Å². The number of methoxy groups -OCH3 is 1. The molecule has 2 aliphatic rings. The van der Waals surface area contributed by atoms with E-state index in [0.29, 0.717) is 37.7 Å². The number of carbonyl (C=O) groups is 2. The predicted octanol–water partition coefficient (Wildman–Crippen LogP) is 3.95. The maximum Gasteiger partial charge on any atom is 0.338 e.